The highest BCUT2D eigenvalue weighted by Gasteiger charge is 2.27. The monoisotopic (exact) mass is 931 g/mol. The lowest BCUT2D eigenvalue weighted by Crippen LogP contribution is -2.38. The van der Waals surface area contributed by atoms with Crippen molar-refractivity contribution in [1.82, 2.24) is 19.8 Å². The minimum atomic E-state index is -0.350. The first-order valence-electron chi connectivity index (χ1n) is 21.7. The minimum Gasteiger partial charge on any atom is -0.363 e. The number of likely N-dealkylation sites (tertiary alicyclic amines) is 2. The fourth-order valence-electron chi connectivity index (χ4n) is 8.04. The minimum absolute atomic E-state index is 0.0863. The molecule has 4 aromatic carbocycles. The number of pyridine rings is 2. The fourth-order valence-corrected chi connectivity index (χ4v) is 8.37. The maximum absolute atomic E-state index is 13.2. The molecule has 0 spiro atoms. The van der Waals surface area contributed by atoms with Crippen molar-refractivity contribution >= 4 is 64.0 Å². The van der Waals surface area contributed by atoms with Gasteiger partial charge in [-0.15, -0.1) is 0 Å². The second-order valence-electron chi connectivity index (χ2n) is 16.4. The van der Waals surface area contributed by atoms with E-state index in [4.69, 9.17) is 33.7 Å². The molecule has 13 nitrogen and oxygen atoms in total. The van der Waals surface area contributed by atoms with E-state index in [0.29, 0.717) is 92.8 Å². The Bertz CT molecular complexity index is 2810. The molecule has 2 aliphatic heterocycles. The Balaban J connectivity index is 0.000000200. The van der Waals surface area contributed by atoms with Gasteiger partial charge in [-0.05, 0) is 134 Å². The maximum atomic E-state index is 13.2. The molecule has 0 bridgehead atoms. The highest BCUT2D eigenvalue weighted by Crippen LogP contribution is 2.32. The van der Waals surface area contributed by atoms with E-state index in [1.165, 1.54) is 23.5 Å². The number of nitrogens with one attached hydrogen (secondary N) is 2. The third-order valence-corrected chi connectivity index (χ3v) is 12.6. The Hall–Kier alpha value is -7.58. The molecule has 8 rings (SSSR count). The molecule has 4 amide bonds. The van der Waals surface area contributed by atoms with Crippen molar-refractivity contribution in [2.75, 3.05) is 55.8 Å². The predicted octanol–water partition coefficient (Wildman–Crippen LogP) is 9.82. The van der Waals surface area contributed by atoms with Gasteiger partial charge in [0.25, 0.3) is 23.6 Å². The SMILES string of the molecule is CN(C)c1ccc(C(=O)Nc2cc(C(=O)N3CCC(c4ccc(C#N)cc4)CC3)ccc2Cl)cn1.N#Cc1ccc(C2CCN(C(=O)c3ccc(Cl)c(NC(=O)c4cccnc4)c3)CC2)cc1. The lowest BCUT2D eigenvalue weighted by Gasteiger charge is -2.32. The number of aromatic nitrogens is 2. The number of halogens is 2. The van der Waals surface area contributed by atoms with E-state index in [-0.39, 0.29) is 23.6 Å². The second kappa shape index (κ2) is 22.1. The summed E-state index contributed by atoms with van der Waals surface area (Å²) in [5.41, 5.74) is 6.22. The Morgan fingerprint density at radius 1 is 0.597 bits per heavy atom. The van der Waals surface area contributed by atoms with E-state index >= 15 is 0 Å². The summed E-state index contributed by atoms with van der Waals surface area (Å²) in [7, 11) is 3.75. The third kappa shape index (κ3) is 12.0. The van der Waals surface area contributed by atoms with Crippen LogP contribution < -0.4 is 15.5 Å². The number of carbonyl (C=O) groups is 4. The Kier molecular flexibility index (Phi) is 15.6. The molecule has 2 N–H and O–H groups in total. The molecule has 2 fully saturated rings. The van der Waals surface area contributed by atoms with Gasteiger partial charge in [0.05, 0.1) is 55.8 Å². The molecule has 0 aliphatic carbocycles. The van der Waals surface area contributed by atoms with Gasteiger partial charge in [-0.2, -0.15) is 10.5 Å². The average Bonchev–Trinajstić information content (AvgIpc) is 3.37. The molecule has 0 saturated carbocycles. The number of anilines is 3. The van der Waals surface area contributed by atoms with Gasteiger partial charge >= 0.3 is 0 Å². The van der Waals surface area contributed by atoms with E-state index in [2.05, 4.69) is 32.7 Å². The van der Waals surface area contributed by atoms with Gasteiger partial charge < -0.3 is 25.3 Å². The molecular weight excluding hydrogens is 886 g/mol. The summed E-state index contributed by atoms with van der Waals surface area (Å²) in [6.07, 6.45) is 7.98. The molecule has 4 heterocycles. The van der Waals surface area contributed by atoms with Crippen LogP contribution in [0, 0.1) is 22.7 Å². The third-order valence-electron chi connectivity index (χ3n) is 11.9. The molecule has 0 radical (unpaired) electrons. The number of amides is 4. The normalized spacial score (nSPS) is 13.8. The van der Waals surface area contributed by atoms with Crippen molar-refractivity contribution in [2.24, 2.45) is 0 Å². The highest BCUT2D eigenvalue weighted by molar-refractivity contribution is 6.34. The maximum Gasteiger partial charge on any atom is 0.257 e. The fraction of sp³-hybridized carbons (Fsp3) is 0.231. The molecule has 6 aromatic rings. The van der Waals surface area contributed by atoms with E-state index in [0.717, 1.165) is 31.5 Å². The summed E-state index contributed by atoms with van der Waals surface area (Å²) in [6, 6.07) is 36.2. The first-order valence-corrected chi connectivity index (χ1v) is 22.5. The van der Waals surface area contributed by atoms with E-state index in [9.17, 15) is 19.2 Å². The number of carbonyl (C=O) groups excluding carboxylic acids is 4. The number of rotatable bonds is 9. The molecule has 15 heteroatoms. The van der Waals surface area contributed by atoms with Crippen LogP contribution in [-0.4, -0.2) is 83.7 Å². The number of hydrogen-bond donors (Lipinski definition) is 2. The van der Waals surface area contributed by atoms with Crippen LogP contribution in [0.2, 0.25) is 10.0 Å². The van der Waals surface area contributed by atoms with Crippen LogP contribution in [0.3, 0.4) is 0 Å². The van der Waals surface area contributed by atoms with Crippen molar-refractivity contribution in [3.05, 3.63) is 182 Å². The van der Waals surface area contributed by atoms with Crippen molar-refractivity contribution in [2.45, 2.75) is 37.5 Å². The number of benzene rings is 4. The van der Waals surface area contributed by atoms with Crippen LogP contribution in [0.5, 0.6) is 0 Å². The Morgan fingerprint density at radius 3 is 1.40 bits per heavy atom. The van der Waals surface area contributed by atoms with Crippen LogP contribution in [0.15, 0.2) is 128 Å². The molecule has 2 saturated heterocycles. The molecule has 0 atom stereocenters. The standard InChI is InChI=1S/C27H26ClN5O2.C25H21ClN4O2/c1-32(2)25-10-8-22(17-30-25)26(34)31-24-15-21(7-9-23(24)28)27(35)33-13-11-20(12-14-33)19-5-3-18(16-29)4-6-19;26-22-8-7-20(14-23(22)29-24(31)21-2-1-11-28-16-21)25(32)30-12-9-19(10-13-30)18-5-3-17(15-27)4-6-18/h3-10,15,17,20H,11-14H2,1-2H3,(H,31,34);1-8,11,14,16,19H,9-10,12-13H2,(H,29,31). The largest absolute Gasteiger partial charge is 0.363 e. The van der Waals surface area contributed by atoms with Crippen LogP contribution in [0.1, 0.15) is 101 Å². The number of hydrogen-bond acceptors (Lipinski definition) is 9. The zero-order chi connectivity index (χ0) is 47.5. The summed E-state index contributed by atoms with van der Waals surface area (Å²) in [6.45, 7) is 2.56. The van der Waals surface area contributed by atoms with E-state index in [1.54, 1.807) is 66.9 Å². The van der Waals surface area contributed by atoms with E-state index in [1.807, 2.05) is 77.3 Å². The first-order chi connectivity index (χ1) is 32.4. The molecule has 67 heavy (non-hydrogen) atoms. The highest BCUT2D eigenvalue weighted by atomic mass is 35.5. The van der Waals surface area contributed by atoms with Crippen molar-refractivity contribution < 1.29 is 19.2 Å². The summed E-state index contributed by atoms with van der Waals surface area (Å²) >= 11 is 12.6. The number of nitriles is 2. The van der Waals surface area contributed by atoms with Crippen molar-refractivity contribution in [3.8, 4) is 12.1 Å². The van der Waals surface area contributed by atoms with Crippen LogP contribution in [0.25, 0.3) is 0 Å². The van der Waals surface area contributed by atoms with Gasteiger partial charge in [-0.25, -0.2) is 4.98 Å². The van der Waals surface area contributed by atoms with Crippen LogP contribution in [0.4, 0.5) is 17.2 Å². The number of nitrogens with zero attached hydrogens (tertiary/aromatic N) is 7. The summed E-state index contributed by atoms with van der Waals surface area (Å²) in [5, 5.41) is 24.2. The van der Waals surface area contributed by atoms with Gasteiger partial charge in [-0.3, -0.25) is 24.2 Å². The summed E-state index contributed by atoms with van der Waals surface area (Å²) in [4.78, 5) is 65.1. The topological polar surface area (TPSA) is 175 Å². The number of piperidine rings is 2. The zero-order valence-corrected chi connectivity index (χ0v) is 38.5. The van der Waals surface area contributed by atoms with Crippen molar-refractivity contribution in [3.63, 3.8) is 0 Å². The summed E-state index contributed by atoms with van der Waals surface area (Å²) in [5.74, 6) is 0.607. The molecule has 2 aromatic heterocycles. The summed E-state index contributed by atoms with van der Waals surface area (Å²) < 4.78 is 0. The predicted molar refractivity (Wildman–Crippen MR) is 260 cm³/mol. The molecule has 2 aliphatic rings. The van der Waals surface area contributed by atoms with Gasteiger partial charge in [-0.1, -0.05) is 47.5 Å². The van der Waals surface area contributed by atoms with E-state index < -0.39 is 0 Å². The van der Waals surface area contributed by atoms with Gasteiger partial charge in [0.2, 0.25) is 0 Å². The van der Waals surface area contributed by atoms with Crippen LogP contribution in [-0.2, 0) is 0 Å². The molecule has 0 unspecified atom stereocenters. The quantitative estimate of drug-likeness (QED) is 0.143. The smallest absolute Gasteiger partial charge is 0.257 e. The Morgan fingerprint density at radius 2 is 1.03 bits per heavy atom. The molecular formula is C52H47Cl2N9O4. The first kappa shape index (κ1) is 47.4. The lowest BCUT2D eigenvalue weighted by molar-refractivity contribution is 0.0705. The van der Waals surface area contributed by atoms with Gasteiger partial charge in [0.15, 0.2) is 0 Å². The lowest BCUT2D eigenvalue weighted by atomic mass is 9.89. The second-order valence-corrected chi connectivity index (χ2v) is 17.3. The Labute approximate surface area is 399 Å². The average molecular weight is 933 g/mol. The zero-order valence-electron chi connectivity index (χ0n) is 37.0. The van der Waals surface area contributed by atoms with Crippen LogP contribution >= 0.6 is 23.2 Å². The van der Waals surface area contributed by atoms with Gasteiger partial charge in [0.1, 0.15) is 5.82 Å². The van der Waals surface area contributed by atoms with Crippen molar-refractivity contribution in [1.29, 1.82) is 10.5 Å². The van der Waals surface area contributed by atoms with Gasteiger partial charge in [0, 0.05) is 70.0 Å². The molecule has 338 valence electrons.